The Morgan fingerprint density at radius 1 is 1.19 bits per heavy atom. The lowest BCUT2D eigenvalue weighted by atomic mass is 10.2. The first-order chi connectivity index (χ1) is 12.8. The third kappa shape index (κ3) is 5.88. The van der Waals surface area contributed by atoms with Crippen LogP contribution in [0.3, 0.4) is 0 Å². The summed E-state index contributed by atoms with van der Waals surface area (Å²) in [6, 6.07) is 8.30. The number of nitrogens with zero attached hydrogens (tertiary/aromatic N) is 2. The SMILES string of the molecule is CN=C(NCCN1CCOCC1)NCc1ccccc1OC1CCCC1. The smallest absolute Gasteiger partial charge is 0.191 e. The fourth-order valence-corrected chi connectivity index (χ4v) is 3.51. The number of ether oxygens (including phenoxy) is 2. The Balaban J connectivity index is 1.44. The van der Waals surface area contributed by atoms with Crippen LogP contribution in [0, 0.1) is 0 Å². The Labute approximate surface area is 157 Å². The average Bonchev–Trinajstić information content (AvgIpc) is 3.19. The van der Waals surface area contributed by atoms with Crippen molar-refractivity contribution >= 4 is 5.96 Å². The van der Waals surface area contributed by atoms with Gasteiger partial charge in [0.15, 0.2) is 5.96 Å². The first-order valence-electron chi connectivity index (χ1n) is 9.84. The molecule has 6 nitrogen and oxygen atoms in total. The van der Waals surface area contributed by atoms with Gasteiger partial charge in [0.05, 0.1) is 19.3 Å². The van der Waals surface area contributed by atoms with Crippen LogP contribution in [0.1, 0.15) is 31.2 Å². The highest BCUT2D eigenvalue weighted by molar-refractivity contribution is 5.79. The molecule has 1 aromatic rings. The molecule has 0 atom stereocenters. The molecule has 0 unspecified atom stereocenters. The maximum atomic E-state index is 6.21. The molecule has 2 N–H and O–H groups in total. The molecule has 1 heterocycles. The second-order valence-corrected chi connectivity index (χ2v) is 6.94. The lowest BCUT2D eigenvalue weighted by Crippen LogP contribution is -2.44. The fraction of sp³-hybridized carbons (Fsp3) is 0.650. The van der Waals surface area contributed by atoms with E-state index in [0.29, 0.717) is 12.6 Å². The van der Waals surface area contributed by atoms with Crippen molar-refractivity contribution in [1.82, 2.24) is 15.5 Å². The summed E-state index contributed by atoms with van der Waals surface area (Å²) in [6.45, 7) is 6.29. The van der Waals surface area contributed by atoms with Crippen molar-refractivity contribution in [2.75, 3.05) is 46.4 Å². The quantitative estimate of drug-likeness (QED) is 0.575. The molecule has 0 spiro atoms. The highest BCUT2D eigenvalue weighted by Crippen LogP contribution is 2.26. The maximum Gasteiger partial charge on any atom is 0.191 e. The summed E-state index contributed by atoms with van der Waals surface area (Å²) in [5.74, 6) is 1.82. The molecular weight excluding hydrogens is 328 g/mol. The summed E-state index contributed by atoms with van der Waals surface area (Å²) in [6.07, 6.45) is 5.29. The van der Waals surface area contributed by atoms with E-state index in [1.165, 1.54) is 31.2 Å². The Bertz CT molecular complexity index is 567. The van der Waals surface area contributed by atoms with Gasteiger partial charge in [0.25, 0.3) is 0 Å². The van der Waals surface area contributed by atoms with Crippen molar-refractivity contribution in [3.63, 3.8) is 0 Å². The zero-order valence-electron chi connectivity index (χ0n) is 15.9. The molecule has 1 saturated heterocycles. The summed E-state index contributed by atoms with van der Waals surface area (Å²) in [7, 11) is 1.81. The van der Waals surface area contributed by atoms with Crippen LogP contribution in [0.15, 0.2) is 29.3 Å². The van der Waals surface area contributed by atoms with Crippen molar-refractivity contribution < 1.29 is 9.47 Å². The summed E-state index contributed by atoms with van der Waals surface area (Å²) in [5, 5.41) is 6.80. The molecule has 1 saturated carbocycles. The number of nitrogens with one attached hydrogen (secondary N) is 2. The second-order valence-electron chi connectivity index (χ2n) is 6.94. The number of para-hydroxylation sites is 1. The molecular formula is C20H32N4O2. The second kappa shape index (κ2) is 10.4. The summed E-state index contributed by atoms with van der Waals surface area (Å²) >= 11 is 0. The molecule has 1 aromatic carbocycles. The molecule has 2 aliphatic rings. The summed E-state index contributed by atoms with van der Waals surface area (Å²) in [5.41, 5.74) is 1.18. The summed E-state index contributed by atoms with van der Waals surface area (Å²) in [4.78, 5) is 6.74. The number of hydrogen-bond acceptors (Lipinski definition) is 4. The standard InChI is InChI=1S/C20H32N4O2/c1-21-20(22-10-11-24-12-14-25-15-13-24)23-16-17-6-2-5-9-19(17)26-18-7-3-4-8-18/h2,5-6,9,18H,3-4,7-8,10-16H2,1H3,(H2,21,22,23). The molecule has 144 valence electrons. The van der Waals surface area contributed by atoms with Gasteiger partial charge in [0.2, 0.25) is 0 Å². The maximum absolute atomic E-state index is 6.21. The van der Waals surface area contributed by atoms with Crippen LogP contribution in [0.25, 0.3) is 0 Å². The highest BCUT2D eigenvalue weighted by Gasteiger charge is 2.17. The van der Waals surface area contributed by atoms with Gasteiger partial charge < -0.3 is 20.1 Å². The molecule has 0 amide bonds. The zero-order valence-corrected chi connectivity index (χ0v) is 15.9. The van der Waals surface area contributed by atoms with Gasteiger partial charge >= 0.3 is 0 Å². The molecule has 1 aliphatic carbocycles. The van der Waals surface area contributed by atoms with Crippen molar-refractivity contribution in [3.05, 3.63) is 29.8 Å². The summed E-state index contributed by atoms with van der Waals surface area (Å²) < 4.78 is 11.6. The van der Waals surface area contributed by atoms with Crippen molar-refractivity contribution in [3.8, 4) is 5.75 Å². The van der Waals surface area contributed by atoms with Gasteiger partial charge in [0.1, 0.15) is 5.75 Å². The number of morpholine rings is 1. The zero-order chi connectivity index (χ0) is 18.0. The normalized spacial score (nSPS) is 19.5. The number of benzene rings is 1. The number of rotatable bonds is 7. The van der Waals surface area contributed by atoms with Crippen molar-refractivity contribution in [2.45, 2.75) is 38.3 Å². The van der Waals surface area contributed by atoms with E-state index in [1.807, 2.05) is 13.1 Å². The number of hydrogen-bond donors (Lipinski definition) is 2. The molecule has 26 heavy (non-hydrogen) atoms. The Kier molecular flexibility index (Phi) is 7.58. The van der Waals surface area contributed by atoms with Gasteiger partial charge in [0, 0.05) is 45.3 Å². The lowest BCUT2D eigenvalue weighted by molar-refractivity contribution is 0.0389. The minimum absolute atomic E-state index is 0.377. The van der Waals surface area contributed by atoms with Crippen LogP contribution >= 0.6 is 0 Å². The first kappa shape index (κ1) is 19.0. The lowest BCUT2D eigenvalue weighted by Gasteiger charge is -2.26. The van der Waals surface area contributed by atoms with Gasteiger partial charge in [-0.1, -0.05) is 18.2 Å². The van der Waals surface area contributed by atoms with Crippen molar-refractivity contribution in [2.24, 2.45) is 4.99 Å². The minimum atomic E-state index is 0.377. The monoisotopic (exact) mass is 360 g/mol. The topological polar surface area (TPSA) is 58.1 Å². The van der Waals surface area contributed by atoms with Crippen LogP contribution < -0.4 is 15.4 Å². The molecule has 3 rings (SSSR count). The van der Waals surface area contributed by atoms with E-state index in [-0.39, 0.29) is 0 Å². The Morgan fingerprint density at radius 3 is 2.73 bits per heavy atom. The van der Waals surface area contributed by atoms with Crippen LogP contribution in [-0.4, -0.2) is 63.4 Å². The molecule has 2 fully saturated rings. The average molecular weight is 361 g/mol. The fourth-order valence-electron chi connectivity index (χ4n) is 3.51. The van der Waals surface area contributed by atoms with Gasteiger partial charge in [-0.15, -0.1) is 0 Å². The van der Waals surface area contributed by atoms with E-state index in [2.05, 4.69) is 38.7 Å². The van der Waals surface area contributed by atoms with E-state index < -0.39 is 0 Å². The minimum Gasteiger partial charge on any atom is -0.490 e. The molecule has 1 aliphatic heterocycles. The Hall–Kier alpha value is -1.79. The first-order valence-corrected chi connectivity index (χ1v) is 9.84. The van der Waals surface area contributed by atoms with Crippen LogP contribution in [-0.2, 0) is 11.3 Å². The van der Waals surface area contributed by atoms with Gasteiger partial charge in [-0.2, -0.15) is 0 Å². The largest absolute Gasteiger partial charge is 0.490 e. The van der Waals surface area contributed by atoms with Crippen LogP contribution in [0.2, 0.25) is 0 Å². The van der Waals surface area contributed by atoms with Gasteiger partial charge in [-0.05, 0) is 31.7 Å². The molecule has 0 aromatic heterocycles. The molecule has 0 bridgehead atoms. The van der Waals surface area contributed by atoms with E-state index in [9.17, 15) is 0 Å². The van der Waals surface area contributed by atoms with E-state index in [4.69, 9.17) is 9.47 Å². The predicted octanol–water partition coefficient (Wildman–Crippen LogP) is 2.01. The third-order valence-corrected chi connectivity index (χ3v) is 5.06. The Morgan fingerprint density at radius 2 is 1.96 bits per heavy atom. The number of aliphatic imine (C=N–C) groups is 1. The number of guanidine groups is 1. The van der Waals surface area contributed by atoms with Gasteiger partial charge in [-0.3, -0.25) is 9.89 Å². The molecule has 0 radical (unpaired) electrons. The van der Waals surface area contributed by atoms with Crippen molar-refractivity contribution in [1.29, 1.82) is 0 Å². The van der Waals surface area contributed by atoms with Crippen LogP contribution in [0.5, 0.6) is 5.75 Å². The van der Waals surface area contributed by atoms with Crippen LogP contribution in [0.4, 0.5) is 0 Å². The van der Waals surface area contributed by atoms with Gasteiger partial charge in [-0.25, -0.2) is 0 Å². The van der Waals surface area contributed by atoms with E-state index in [1.54, 1.807) is 0 Å². The predicted molar refractivity (Wildman–Crippen MR) is 105 cm³/mol. The van der Waals surface area contributed by atoms with E-state index in [0.717, 1.165) is 51.1 Å². The van der Waals surface area contributed by atoms with E-state index >= 15 is 0 Å². The highest BCUT2D eigenvalue weighted by atomic mass is 16.5. The molecule has 6 heteroatoms. The third-order valence-electron chi connectivity index (χ3n) is 5.06.